The first-order valence-electron chi connectivity index (χ1n) is 7.05. The first-order valence-corrected chi connectivity index (χ1v) is 7.05. The van der Waals surface area contributed by atoms with E-state index >= 15 is 0 Å². The summed E-state index contributed by atoms with van der Waals surface area (Å²) in [6, 6.07) is 9.11. The van der Waals surface area contributed by atoms with Gasteiger partial charge < -0.3 is 10.3 Å². The molecule has 118 valence electrons. The van der Waals surface area contributed by atoms with Gasteiger partial charge in [0.2, 0.25) is 5.82 Å². The average Bonchev–Trinajstić information content (AvgIpc) is 2.92. The van der Waals surface area contributed by atoms with E-state index in [0.717, 1.165) is 28.4 Å². The van der Waals surface area contributed by atoms with Crippen molar-refractivity contribution in [2.24, 2.45) is 0 Å². The molecule has 0 aliphatic rings. The van der Waals surface area contributed by atoms with Gasteiger partial charge in [-0.25, -0.2) is 4.98 Å². The smallest absolute Gasteiger partial charge is 0.304 e. The molecule has 0 unspecified atom stereocenters. The van der Waals surface area contributed by atoms with E-state index in [4.69, 9.17) is 0 Å². The van der Waals surface area contributed by atoms with Crippen LogP contribution in [0.2, 0.25) is 0 Å². The van der Waals surface area contributed by atoms with Crippen LogP contribution in [0.15, 0.2) is 48.8 Å². The van der Waals surface area contributed by atoms with Crippen LogP contribution in [0, 0.1) is 15.9 Å². The van der Waals surface area contributed by atoms with E-state index in [0.29, 0.717) is 17.2 Å². The minimum Gasteiger partial charge on any atom is -0.340 e. The minimum atomic E-state index is -0.900. The first-order chi connectivity index (χ1) is 11.6. The van der Waals surface area contributed by atoms with E-state index < -0.39 is 16.4 Å². The van der Waals surface area contributed by atoms with Crippen LogP contribution in [0.25, 0.3) is 21.9 Å². The molecule has 4 aromatic rings. The molecule has 1 aromatic carbocycles. The highest BCUT2D eigenvalue weighted by molar-refractivity contribution is 6.05. The highest BCUT2D eigenvalue weighted by Crippen LogP contribution is 2.27. The summed E-state index contributed by atoms with van der Waals surface area (Å²) in [7, 11) is 0. The molecule has 8 heteroatoms. The van der Waals surface area contributed by atoms with Crippen LogP contribution in [0.4, 0.5) is 21.6 Å². The highest BCUT2D eigenvalue weighted by atomic mass is 19.1. The highest BCUT2D eigenvalue weighted by Gasteiger charge is 2.14. The largest absolute Gasteiger partial charge is 0.340 e. The number of aromatic nitrogens is 3. The van der Waals surface area contributed by atoms with Crippen LogP contribution in [-0.2, 0) is 0 Å². The Morgan fingerprint density at radius 2 is 2.04 bits per heavy atom. The number of hydrogen-bond donors (Lipinski definition) is 2. The summed E-state index contributed by atoms with van der Waals surface area (Å²) in [6.07, 6.45) is 3.45. The number of H-pyrrole nitrogens is 1. The third-order valence-corrected chi connectivity index (χ3v) is 3.68. The third kappa shape index (κ3) is 2.30. The Morgan fingerprint density at radius 1 is 1.17 bits per heavy atom. The lowest BCUT2D eigenvalue weighted by molar-refractivity contribution is -0.387. The second-order valence-corrected chi connectivity index (χ2v) is 5.19. The Morgan fingerprint density at radius 3 is 2.83 bits per heavy atom. The van der Waals surface area contributed by atoms with Crippen molar-refractivity contribution < 1.29 is 9.31 Å². The average molecular weight is 323 g/mol. The van der Waals surface area contributed by atoms with Crippen molar-refractivity contribution in [2.75, 3.05) is 5.32 Å². The van der Waals surface area contributed by atoms with Crippen molar-refractivity contribution in [1.29, 1.82) is 0 Å². The van der Waals surface area contributed by atoms with Crippen LogP contribution in [0.5, 0.6) is 0 Å². The van der Waals surface area contributed by atoms with E-state index in [2.05, 4.69) is 20.3 Å². The maximum Gasteiger partial charge on any atom is 0.304 e. The number of hydrogen-bond acceptors (Lipinski definition) is 5. The molecule has 0 aliphatic carbocycles. The molecule has 24 heavy (non-hydrogen) atoms. The fourth-order valence-corrected chi connectivity index (χ4v) is 2.57. The molecule has 2 N–H and O–H groups in total. The zero-order chi connectivity index (χ0) is 16.7. The Hall–Kier alpha value is -3.55. The predicted octanol–water partition coefficient (Wildman–Crippen LogP) is 3.90. The van der Waals surface area contributed by atoms with E-state index in [1.54, 1.807) is 18.5 Å². The van der Waals surface area contributed by atoms with Crippen LogP contribution >= 0.6 is 0 Å². The lowest BCUT2D eigenvalue weighted by Crippen LogP contribution is -1.97. The van der Waals surface area contributed by atoms with E-state index in [1.165, 1.54) is 6.07 Å². The molecule has 0 bridgehead atoms. The second-order valence-electron chi connectivity index (χ2n) is 5.19. The minimum absolute atomic E-state index is 0.378. The van der Waals surface area contributed by atoms with Gasteiger partial charge in [0.05, 0.1) is 10.4 Å². The SMILES string of the molecule is O=[N+]([O-])c1ccc(Nc2ccc3c(n2)[nH]c2ccncc23)cc1F. The number of aromatic amines is 1. The molecular formula is C16H10FN5O2. The monoisotopic (exact) mass is 323 g/mol. The number of nitro groups is 1. The van der Waals surface area contributed by atoms with Crippen molar-refractivity contribution in [1.82, 2.24) is 15.0 Å². The molecular weight excluding hydrogens is 313 g/mol. The normalized spacial score (nSPS) is 11.0. The first kappa shape index (κ1) is 14.1. The van der Waals surface area contributed by atoms with Gasteiger partial charge in [-0.3, -0.25) is 15.1 Å². The van der Waals surface area contributed by atoms with Crippen molar-refractivity contribution in [3.05, 3.63) is 64.7 Å². The number of pyridine rings is 2. The van der Waals surface area contributed by atoms with Gasteiger partial charge in [0.25, 0.3) is 0 Å². The zero-order valence-electron chi connectivity index (χ0n) is 12.2. The molecule has 3 aromatic heterocycles. The molecule has 0 saturated carbocycles. The number of halogens is 1. The van der Waals surface area contributed by atoms with Crippen LogP contribution in [-0.4, -0.2) is 19.9 Å². The fraction of sp³-hybridized carbons (Fsp3) is 0. The lowest BCUT2D eigenvalue weighted by atomic mass is 10.2. The van der Waals surface area contributed by atoms with E-state index in [1.807, 2.05) is 12.1 Å². The molecule has 7 nitrogen and oxygen atoms in total. The molecule has 0 atom stereocenters. The number of anilines is 2. The Balaban J connectivity index is 1.71. The van der Waals surface area contributed by atoms with Crippen molar-refractivity contribution in [3.8, 4) is 0 Å². The van der Waals surface area contributed by atoms with Gasteiger partial charge in [0.1, 0.15) is 11.5 Å². The maximum atomic E-state index is 13.7. The molecule has 0 radical (unpaired) electrons. The van der Waals surface area contributed by atoms with Crippen LogP contribution in [0.1, 0.15) is 0 Å². The Kier molecular flexibility index (Phi) is 3.09. The number of benzene rings is 1. The maximum absolute atomic E-state index is 13.7. The van der Waals surface area contributed by atoms with Crippen LogP contribution < -0.4 is 5.32 Å². The molecule has 0 aliphatic heterocycles. The zero-order valence-corrected chi connectivity index (χ0v) is 12.2. The summed E-state index contributed by atoms with van der Waals surface area (Å²) < 4.78 is 13.7. The number of fused-ring (bicyclic) bond motifs is 3. The molecule has 3 heterocycles. The van der Waals surface area contributed by atoms with Gasteiger partial charge >= 0.3 is 5.69 Å². The van der Waals surface area contributed by atoms with Crippen molar-refractivity contribution in [2.45, 2.75) is 0 Å². The van der Waals surface area contributed by atoms with Gasteiger partial charge in [0.15, 0.2) is 0 Å². The molecule has 4 rings (SSSR count). The number of nitrogens with one attached hydrogen (secondary N) is 2. The molecule has 0 saturated heterocycles. The van der Waals surface area contributed by atoms with E-state index in [9.17, 15) is 14.5 Å². The number of nitrogens with zero attached hydrogens (tertiary/aromatic N) is 3. The van der Waals surface area contributed by atoms with Gasteiger partial charge in [-0.2, -0.15) is 4.39 Å². The number of rotatable bonds is 3. The van der Waals surface area contributed by atoms with Gasteiger partial charge in [-0.15, -0.1) is 0 Å². The summed E-state index contributed by atoms with van der Waals surface area (Å²) in [5.41, 5.74) is 1.41. The summed E-state index contributed by atoms with van der Waals surface area (Å²) in [5.74, 6) is -0.405. The van der Waals surface area contributed by atoms with Crippen LogP contribution in [0.3, 0.4) is 0 Å². The quantitative estimate of drug-likeness (QED) is 0.440. The Labute approximate surface area is 134 Å². The van der Waals surface area contributed by atoms with Crippen molar-refractivity contribution in [3.63, 3.8) is 0 Å². The topological polar surface area (TPSA) is 96.7 Å². The summed E-state index contributed by atoms with van der Waals surface area (Å²) in [5, 5.41) is 15.5. The Bertz CT molecular complexity index is 1090. The lowest BCUT2D eigenvalue weighted by Gasteiger charge is -2.05. The number of nitro benzene ring substituents is 1. The standard InChI is InChI=1S/C16H10FN5O2/c17-12-7-9(1-3-14(12)22(23)24)19-15-4-2-10-11-8-18-6-5-13(11)20-16(10)21-15/h1-8H,(H2,19,20,21). The van der Waals surface area contributed by atoms with Gasteiger partial charge in [-0.1, -0.05) is 0 Å². The molecule has 0 amide bonds. The summed E-state index contributed by atoms with van der Waals surface area (Å²) in [4.78, 5) is 21.6. The predicted molar refractivity (Wildman–Crippen MR) is 87.7 cm³/mol. The molecule has 0 fully saturated rings. The van der Waals surface area contributed by atoms with E-state index in [-0.39, 0.29) is 0 Å². The van der Waals surface area contributed by atoms with Gasteiger partial charge in [-0.05, 0) is 24.3 Å². The summed E-state index contributed by atoms with van der Waals surface area (Å²) in [6.45, 7) is 0. The van der Waals surface area contributed by atoms with Crippen molar-refractivity contribution >= 4 is 39.1 Å². The molecule has 0 spiro atoms. The third-order valence-electron chi connectivity index (χ3n) is 3.68. The fourth-order valence-electron chi connectivity index (χ4n) is 2.57. The van der Waals surface area contributed by atoms with Gasteiger partial charge in [0, 0.05) is 41.0 Å². The summed E-state index contributed by atoms with van der Waals surface area (Å²) >= 11 is 0. The second kappa shape index (κ2) is 5.27.